The molecule has 2 rings (SSSR count). The van der Waals surface area contributed by atoms with Gasteiger partial charge in [-0.05, 0) is 29.2 Å². The lowest BCUT2D eigenvalue weighted by atomic mass is 9.80. The molecule has 2 unspecified atom stereocenters. The van der Waals surface area contributed by atoms with Crippen molar-refractivity contribution in [1.29, 1.82) is 0 Å². The molecule has 22 heavy (non-hydrogen) atoms. The van der Waals surface area contributed by atoms with E-state index in [-0.39, 0.29) is 11.5 Å². The third-order valence-electron chi connectivity index (χ3n) is 3.97. The Kier molecular flexibility index (Phi) is 5.23. The number of hydrogen-bond acceptors (Lipinski definition) is 3. The Balaban J connectivity index is 2.10. The lowest BCUT2D eigenvalue weighted by Gasteiger charge is -2.28. The maximum absolute atomic E-state index is 12.2. The highest BCUT2D eigenvalue weighted by molar-refractivity contribution is 7.60. The van der Waals surface area contributed by atoms with Crippen LogP contribution >= 0.6 is 8.03 Å². The molecule has 4 heteroatoms. The molecular formula is C18H20O3P+. The smallest absolute Gasteiger partial charge is 0.231 e. The topological polar surface area (TPSA) is 43.4 Å². The van der Waals surface area contributed by atoms with Gasteiger partial charge in [0.25, 0.3) is 0 Å². The Morgan fingerprint density at radius 2 is 1.50 bits per heavy atom. The minimum Gasteiger partial charge on any atom is -0.231 e. The first kappa shape index (κ1) is 16.5. The van der Waals surface area contributed by atoms with Gasteiger partial charge >= 0.3 is 13.6 Å². The largest absolute Gasteiger partial charge is 0.593 e. The summed E-state index contributed by atoms with van der Waals surface area (Å²) in [6, 6.07) is 18.5. The highest BCUT2D eigenvalue weighted by Crippen LogP contribution is 2.37. The van der Waals surface area contributed by atoms with E-state index in [9.17, 15) is 9.36 Å². The Morgan fingerprint density at radius 3 is 2.05 bits per heavy atom. The zero-order chi connectivity index (χ0) is 16.2. The van der Waals surface area contributed by atoms with Gasteiger partial charge in [-0.3, -0.25) is 0 Å². The SMILES string of the molecule is CC(O[P+](=O)C(=O)c1ccccc1)C(C)(C)c1ccccc1. The van der Waals surface area contributed by atoms with Crippen LogP contribution in [0.2, 0.25) is 0 Å². The number of carbonyl (C=O) groups excluding carboxylic acids is 1. The Bertz CT molecular complexity index is 651. The van der Waals surface area contributed by atoms with E-state index in [2.05, 4.69) is 0 Å². The lowest BCUT2D eigenvalue weighted by Crippen LogP contribution is -2.32. The molecule has 114 valence electrons. The van der Waals surface area contributed by atoms with Gasteiger partial charge in [0.15, 0.2) is 0 Å². The van der Waals surface area contributed by atoms with E-state index in [0.717, 1.165) is 5.56 Å². The van der Waals surface area contributed by atoms with Crippen molar-refractivity contribution < 1.29 is 13.9 Å². The predicted octanol–water partition coefficient (Wildman–Crippen LogP) is 4.95. The first-order valence-corrected chi connectivity index (χ1v) is 8.39. The van der Waals surface area contributed by atoms with Gasteiger partial charge in [-0.25, -0.2) is 4.79 Å². The van der Waals surface area contributed by atoms with Crippen molar-refractivity contribution in [3.8, 4) is 0 Å². The molecular weight excluding hydrogens is 295 g/mol. The molecule has 2 atom stereocenters. The molecule has 0 spiro atoms. The van der Waals surface area contributed by atoms with Crippen molar-refractivity contribution in [3.05, 3.63) is 71.8 Å². The molecule has 0 aromatic heterocycles. The average molecular weight is 315 g/mol. The molecule has 0 bridgehead atoms. The van der Waals surface area contributed by atoms with Crippen molar-refractivity contribution in [2.45, 2.75) is 32.3 Å². The summed E-state index contributed by atoms with van der Waals surface area (Å²) < 4.78 is 17.8. The highest BCUT2D eigenvalue weighted by Gasteiger charge is 2.40. The van der Waals surface area contributed by atoms with Gasteiger partial charge < -0.3 is 0 Å². The van der Waals surface area contributed by atoms with Gasteiger partial charge in [-0.2, -0.15) is 0 Å². The fourth-order valence-corrected chi connectivity index (χ4v) is 3.12. The summed E-state index contributed by atoms with van der Waals surface area (Å²) in [5.41, 5.74) is 0.682. The molecule has 0 amide bonds. The van der Waals surface area contributed by atoms with Gasteiger partial charge in [0.1, 0.15) is 6.10 Å². The molecule has 2 aromatic rings. The zero-order valence-corrected chi connectivity index (χ0v) is 13.9. The van der Waals surface area contributed by atoms with Gasteiger partial charge in [0, 0.05) is 5.41 Å². The molecule has 0 saturated carbocycles. The monoisotopic (exact) mass is 315 g/mol. The van der Waals surface area contributed by atoms with E-state index in [1.165, 1.54) is 0 Å². The van der Waals surface area contributed by atoms with E-state index in [1.54, 1.807) is 24.3 Å². The fourth-order valence-electron chi connectivity index (χ4n) is 2.11. The summed E-state index contributed by atoms with van der Waals surface area (Å²) in [5.74, 6) is 0. The number of carbonyl (C=O) groups is 1. The van der Waals surface area contributed by atoms with Gasteiger partial charge in [0.05, 0.1) is 5.56 Å². The second-order valence-electron chi connectivity index (χ2n) is 5.76. The third kappa shape index (κ3) is 3.68. The van der Waals surface area contributed by atoms with Crippen LogP contribution in [0.25, 0.3) is 0 Å². The lowest BCUT2D eigenvalue weighted by molar-refractivity contribution is 0.102. The van der Waals surface area contributed by atoms with E-state index >= 15 is 0 Å². The highest BCUT2D eigenvalue weighted by atomic mass is 31.1. The number of rotatable bonds is 6. The third-order valence-corrected chi connectivity index (χ3v) is 5.07. The normalized spacial score (nSPS) is 13.5. The van der Waals surface area contributed by atoms with Crippen LogP contribution in [0.1, 0.15) is 36.7 Å². The minimum absolute atomic E-state index is 0.344. The van der Waals surface area contributed by atoms with Crippen LogP contribution in [-0.2, 0) is 14.5 Å². The molecule has 3 nitrogen and oxygen atoms in total. The molecule has 0 saturated heterocycles. The molecule has 0 aliphatic carbocycles. The summed E-state index contributed by atoms with van der Waals surface area (Å²) in [6.45, 7) is 5.88. The zero-order valence-electron chi connectivity index (χ0n) is 13.0. The summed E-state index contributed by atoms with van der Waals surface area (Å²) >= 11 is 0. The average Bonchev–Trinajstić information content (AvgIpc) is 2.55. The first-order valence-electron chi connectivity index (χ1n) is 7.22. The summed E-state index contributed by atoms with van der Waals surface area (Å²) in [7, 11) is -2.40. The van der Waals surface area contributed by atoms with Crippen molar-refractivity contribution in [3.63, 3.8) is 0 Å². The van der Waals surface area contributed by atoms with Crippen LogP contribution in [0.4, 0.5) is 0 Å². The molecule has 0 N–H and O–H groups in total. The van der Waals surface area contributed by atoms with Crippen molar-refractivity contribution in [1.82, 2.24) is 0 Å². The Morgan fingerprint density at radius 1 is 1.00 bits per heavy atom. The molecule has 0 aliphatic heterocycles. The quantitative estimate of drug-likeness (QED) is 0.708. The fraction of sp³-hybridized carbons (Fsp3) is 0.278. The second kappa shape index (κ2) is 6.95. The van der Waals surface area contributed by atoms with Crippen molar-refractivity contribution in [2.24, 2.45) is 0 Å². The summed E-state index contributed by atoms with van der Waals surface area (Å²) in [4.78, 5) is 12.1. The molecule has 0 aliphatic rings. The first-order chi connectivity index (χ1) is 10.4. The second-order valence-corrected chi connectivity index (χ2v) is 6.89. The number of benzene rings is 2. The van der Waals surface area contributed by atoms with E-state index in [0.29, 0.717) is 5.56 Å². The van der Waals surface area contributed by atoms with Gasteiger partial charge in [-0.1, -0.05) is 62.4 Å². The Labute approximate surface area is 132 Å². The molecule has 2 aromatic carbocycles. The van der Waals surface area contributed by atoms with Crippen LogP contribution in [0, 0.1) is 0 Å². The predicted molar refractivity (Wildman–Crippen MR) is 88.4 cm³/mol. The van der Waals surface area contributed by atoms with Crippen LogP contribution in [-0.4, -0.2) is 11.6 Å². The molecule has 0 heterocycles. The van der Waals surface area contributed by atoms with Crippen LogP contribution < -0.4 is 0 Å². The standard InChI is InChI=1S/C18H20O3P/c1-14(18(2,3)16-12-8-5-9-13-16)21-22(20)17(19)15-10-6-4-7-11-15/h4-14H,1-3H3/q+1. The van der Waals surface area contributed by atoms with Gasteiger partial charge in [-0.15, -0.1) is 4.52 Å². The molecule has 0 radical (unpaired) electrons. The Hall–Kier alpha value is -1.83. The van der Waals surface area contributed by atoms with Gasteiger partial charge in [0.2, 0.25) is 0 Å². The van der Waals surface area contributed by atoms with Crippen LogP contribution in [0.5, 0.6) is 0 Å². The van der Waals surface area contributed by atoms with E-state index in [1.807, 2.05) is 57.2 Å². The molecule has 0 fully saturated rings. The summed E-state index contributed by atoms with van der Waals surface area (Å²) in [6.07, 6.45) is -0.355. The van der Waals surface area contributed by atoms with E-state index in [4.69, 9.17) is 4.52 Å². The maximum Gasteiger partial charge on any atom is 0.593 e. The number of hydrogen-bond donors (Lipinski definition) is 0. The maximum atomic E-state index is 12.2. The van der Waals surface area contributed by atoms with E-state index < -0.39 is 13.6 Å². The van der Waals surface area contributed by atoms with Crippen molar-refractivity contribution >= 4 is 13.6 Å². The van der Waals surface area contributed by atoms with Crippen LogP contribution in [0.3, 0.4) is 0 Å². The minimum atomic E-state index is -2.40. The van der Waals surface area contributed by atoms with Crippen molar-refractivity contribution in [2.75, 3.05) is 0 Å². The van der Waals surface area contributed by atoms with Crippen LogP contribution in [0.15, 0.2) is 60.7 Å². The summed E-state index contributed by atoms with van der Waals surface area (Å²) in [5, 5.41) is 0.